The number of aromatic nitrogens is 3. The molecule has 1 fully saturated rings. The molecule has 3 rings (SSSR count). The fraction of sp³-hybridized carbons (Fsp3) is 0.438. The fourth-order valence-electron chi connectivity index (χ4n) is 2.66. The molecule has 2 aromatic rings. The smallest absolute Gasteiger partial charge is 0.230 e. The molecule has 0 saturated carbocycles. The highest BCUT2D eigenvalue weighted by Crippen LogP contribution is 2.35. The lowest BCUT2D eigenvalue weighted by Crippen LogP contribution is -2.25. The van der Waals surface area contributed by atoms with Gasteiger partial charge in [-0.3, -0.25) is 14.5 Å². The van der Waals surface area contributed by atoms with E-state index in [4.69, 9.17) is 4.74 Å². The Labute approximate surface area is 129 Å². The molecule has 0 aliphatic carbocycles. The predicted octanol–water partition coefficient (Wildman–Crippen LogP) is 2.32. The average Bonchev–Trinajstić information content (AvgIpc) is 3.17. The zero-order valence-electron chi connectivity index (χ0n) is 12.8. The van der Waals surface area contributed by atoms with Crippen molar-refractivity contribution in [1.82, 2.24) is 14.8 Å². The van der Waals surface area contributed by atoms with Gasteiger partial charge in [0.05, 0.1) is 30.1 Å². The van der Waals surface area contributed by atoms with E-state index in [1.165, 1.54) is 0 Å². The molecule has 0 spiro atoms. The molecule has 0 bridgehead atoms. The van der Waals surface area contributed by atoms with Crippen molar-refractivity contribution in [3.05, 3.63) is 42.0 Å². The zero-order chi connectivity index (χ0) is 15.5. The largest absolute Gasteiger partial charge is 0.373 e. The van der Waals surface area contributed by atoms with E-state index < -0.39 is 0 Å². The number of nitrogens with zero attached hydrogens (tertiary/aromatic N) is 3. The summed E-state index contributed by atoms with van der Waals surface area (Å²) < 4.78 is 7.60. The molecular formula is C16H20N4O2. The summed E-state index contributed by atoms with van der Waals surface area (Å²) in [5.41, 5.74) is 2.60. The Balaban J connectivity index is 1.72. The van der Waals surface area contributed by atoms with Crippen LogP contribution < -0.4 is 5.32 Å². The first-order valence-corrected chi connectivity index (χ1v) is 7.55. The molecule has 6 nitrogen and oxygen atoms in total. The van der Waals surface area contributed by atoms with Gasteiger partial charge in [0, 0.05) is 30.6 Å². The molecule has 6 heteroatoms. The summed E-state index contributed by atoms with van der Waals surface area (Å²) in [6, 6.07) is 3.74. The van der Waals surface area contributed by atoms with Crippen LogP contribution in [-0.2, 0) is 16.1 Å². The van der Waals surface area contributed by atoms with Crippen molar-refractivity contribution < 1.29 is 9.53 Å². The number of ether oxygens (including phenoxy) is 1. The lowest BCUT2D eigenvalue weighted by molar-refractivity contribution is -0.121. The second-order valence-corrected chi connectivity index (χ2v) is 5.49. The SMILES string of the molecule is CCn1cc([C@H]2OCC[C@@H]2C(=O)Nc2ccc(C)nc2)cn1. The molecule has 0 radical (unpaired) electrons. The first-order valence-electron chi connectivity index (χ1n) is 7.55. The van der Waals surface area contributed by atoms with Crippen LogP contribution in [0, 0.1) is 12.8 Å². The van der Waals surface area contributed by atoms with Gasteiger partial charge >= 0.3 is 0 Å². The maximum atomic E-state index is 12.5. The third kappa shape index (κ3) is 3.01. The van der Waals surface area contributed by atoms with Crippen molar-refractivity contribution >= 4 is 11.6 Å². The van der Waals surface area contributed by atoms with Gasteiger partial charge in [0.1, 0.15) is 0 Å². The minimum Gasteiger partial charge on any atom is -0.373 e. The van der Waals surface area contributed by atoms with E-state index in [0.29, 0.717) is 18.7 Å². The quantitative estimate of drug-likeness (QED) is 0.941. The summed E-state index contributed by atoms with van der Waals surface area (Å²) in [5.74, 6) is -0.229. The summed E-state index contributed by atoms with van der Waals surface area (Å²) in [7, 11) is 0. The number of carbonyl (C=O) groups is 1. The van der Waals surface area contributed by atoms with Crippen LogP contribution >= 0.6 is 0 Å². The van der Waals surface area contributed by atoms with Crippen LogP contribution in [-0.4, -0.2) is 27.3 Å². The summed E-state index contributed by atoms with van der Waals surface area (Å²) in [4.78, 5) is 16.7. The Hall–Kier alpha value is -2.21. The molecule has 2 atom stereocenters. The second-order valence-electron chi connectivity index (χ2n) is 5.49. The van der Waals surface area contributed by atoms with Gasteiger partial charge in [0.15, 0.2) is 0 Å². The number of hydrogen-bond acceptors (Lipinski definition) is 4. The van der Waals surface area contributed by atoms with Gasteiger partial charge in [0.25, 0.3) is 0 Å². The van der Waals surface area contributed by atoms with Crippen LogP contribution in [0.3, 0.4) is 0 Å². The number of amides is 1. The van der Waals surface area contributed by atoms with Crippen LogP contribution in [0.25, 0.3) is 0 Å². The lowest BCUT2D eigenvalue weighted by atomic mass is 9.96. The van der Waals surface area contributed by atoms with Crippen molar-refractivity contribution in [3.8, 4) is 0 Å². The molecule has 1 aliphatic rings. The molecule has 1 N–H and O–H groups in total. The van der Waals surface area contributed by atoms with Crippen molar-refractivity contribution in [2.75, 3.05) is 11.9 Å². The highest BCUT2D eigenvalue weighted by atomic mass is 16.5. The second kappa shape index (κ2) is 6.27. The van der Waals surface area contributed by atoms with E-state index in [2.05, 4.69) is 15.4 Å². The molecular weight excluding hydrogens is 280 g/mol. The van der Waals surface area contributed by atoms with E-state index in [1.807, 2.05) is 36.9 Å². The van der Waals surface area contributed by atoms with Crippen LogP contribution in [0.4, 0.5) is 5.69 Å². The molecule has 0 unspecified atom stereocenters. The molecule has 3 heterocycles. The Kier molecular flexibility index (Phi) is 4.20. The highest BCUT2D eigenvalue weighted by molar-refractivity contribution is 5.93. The summed E-state index contributed by atoms with van der Waals surface area (Å²) in [6.07, 6.45) is 5.90. The number of rotatable bonds is 4. The normalized spacial score (nSPS) is 21.0. The van der Waals surface area contributed by atoms with Crippen LogP contribution in [0.15, 0.2) is 30.7 Å². The van der Waals surface area contributed by atoms with Crippen LogP contribution in [0.2, 0.25) is 0 Å². The number of aryl methyl sites for hydroxylation is 2. The third-order valence-electron chi connectivity index (χ3n) is 3.91. The van der Waals surface area contributed by atoms with Crippen molar-refractivity contribution in [2.24, 2.45) is 5.92 Å². The minimum absolute atomic E-state index is 0.0302. The number of carbonyl (C=O) groups excluding carboxylic acids is 1. The Morgan fingerprint density at radius 1 is 1.45 bits per heavy atom. The first-order chi connectivity index (χ1) is 10.7. The maximum Gasteiger partial charge on any atom is 0.230 e. The number of hydrogen-bond donors (Lipinski definition) is 1. The van der Waals surface area contributed by atoms with Crippen LogP contribution in [0.1, 0.15) is 30.7 Å². The van der Waals surface area contributed by atoms with E-state index in [9.17, 15) is 4.79 Å². The van der Waals surface area contributed by atoms with E-state index in [0.717, 1.165) is 17.8 Å². The van der Waals surface area contributed by atoms with E-state index >= 15 is 0 Å². The Morgan fingerprint density at radius 3 is 3.00 bits per heavy atom. The van der Waals surface area contributed by atoms with E-state index in [-0.39, 0.29) is 17.9 Å². The zero-order valence-corrected chi connectivity index (χ0v) is 12.8. The van der Waals surface area contributed by atoms with Gasteiger partial charge in [0.2, 0.25) is 5.91 Å². The fourth-order valence-corrected chi connectivity index (χ4v) is 2.66. The standard InChI is InChI=1S/C16H20N4O2/c1-3-20-10-12(8-18-20)15-14(6-7-22-15)16(21)19-13-5-4-11(2)17-9-13/h4-5,8-10,14-15H,3,6-7H2,1-2H3,(H,19,21)/t14-,15+/m0/s1. The third-order valence-corrected chi connectivity index (χ3v) is 3.91. The predicted molar refractivity (Wildman–Crippen MR) is 82.3 cm³/mol. The minimum atomic E-state index is -0.223. The van der Waals surface area contributed by atoms with Gasteiger partial charge in [-0.2, -0.15) is 5.10 Å². The van der Waals surface area contributed by atoms with Gasteiger partial charge in [-0.1, -0.05) is 0 Å². The molecule has 1 amide bonds. The lowest BCUT2D eigenvalue weighted by Gasteiger charge is -2.17. The number of nitrogens with one attached hydrogen (secondary N) is 1. The van der Waals surface area contributed by atoms with Crippen molar-refractivity contribution in [1.29, 1.82) is 0 Å². The number of pyridine rings is 1. The van der Waals surface area contributed by atoms with Crippen molar-refractivity contribution in [2.45, 2.75) is 32.9 Å². The first kappa shape index (κ1) is 14.7. The molecule has 116 valence electrons. The summed E-state index contributed by atoms with van der Waals surface area (Å²) in [6.45, 7) is 5.34. The van der Waals surface area contributed by atoms with Crippen molar-refractivity contribution in [3.63, 3.8) is 0 Å². The highest BCUT2D eigenvalue weighted by Gasteiger charge is 2.36. The summed E-state index contributed by atoms with van der Waals surface area (Å²) in [5, 5.41) is 7.18. The molecule has 0 aromatic carbocycles. The van der Waals surface area contributed by atoms with E-state index in [1.54, 1.807) is 12.4 Å². The van der Waals surface area contributed by atoms with Gasteiger partial charge in [-0.25, -0.2) is 0 Å². The topological polar surface area (TPSA) is 69.0 Å². The molecule has 1 saturated heterocycles. The Morgan fingerprint density at radius 2 is 2.32 bits per heavy atom. The average molecular weight is 300 g/mol. The molecule has 2 aromatic heterocycles. The molecule has 22 heavy (non-hydrogen) atoms. The number of anilines is 1. The Bertz CT molecular complexity index is 650. The van der Waals surface area contributed by atoms with Gasteiger partial charge < -0.3 is 10.1 Å². The van der Waals surface area contributed by atoms with Gasteiger partial charge in [-0.15, -0.1) is 0 Å². The summed E-state index contributed by atoms with van der Waals surface area (Å²) >= 11 is 0. The van der Waals surface area contributed by atoms with Crippen LogP contribution in [0.5, 0.6) is 0 Å². The monoisotopic (exact) mass is 300 g/mol. The van der Waals surface area contributed by atoms with Gasteiger partial charge in [-0.05, 0) is 32.4 Å². The molecule has 1 aliphatic heterocycles. The maximum absolute atomic E-state index is 12.5.